The van der Waals surface area contributed by atoms with Crippen LogP contribution in [0.3, 0.4) is 0 Å². The molecule has 24 heavy (non-hydrogen) atoms. The Morgan fingerprint density at radius 2 is 1.54 bits per heavy atom. The van der Waals surface area contributed by atoms with Gasteiger partial charge in [-0.15, -0.1) is 0 Å². The zero-order valence-electron chi connectivity index (χ0n) is 12.2. The van der Waals surface area contributed by atoms with Gasteiger partial charge >= 0.3 is 0 Å². The van der Waals surface area contributed by atoms with Crippen molar-refractivity contribution in [1.82, 2.24) is 9.97 Å². The number of benzene rings is 2. The molecule has 0 aliphatic carbocycles. The molecule has 0 aliphatic rings. The first-order chi connectivity index (χ1) is 11.5. The van der Waals surface area contributed by atoms with Gasteiger partial charge in [-0.2, -0.15) is 0 Å². The van der Waals surface area contributed by atoms with E-state index in [9.17, 15) is 0 Å². The third-order valence-electron chi connectivity index (χ3n) is 3.14. The molecule has 2 aromatic carbocycles. The Morgan fingerprint density at radius 1 is 0.917 bits per heavy atom. The van der Waals surface area contributed by atoms with Crippen LogP contribution in [0.5, 0.6) is 0 Å². The molecule has 0 saturated carbocycles. The van der Waals surface area contributed by atoms with Gasteiger partial charge < -0.3 is 16.4 Å². The molecule has 0 radical (unpaired) electrons. The number of anilines is 5. The van der Waals surface area contributed by atoms with Crippen LogP contribution in [0.4, 0.5) is 28.7 Å². The molecule has 0 atom stereocenters. The predicted octanol–water partition coefficient (Wildman–Crippen LogP) is 5.62. The minimum Gasteiger partial charge on any atom is -0.393 e. The van der Waals surface area contributed by atoms with Crippen molar-refractivity contribution in [2.45, 2.75) is 0 Å². The number of halogens is 3. The monoisotopic (exact) mass is 423 g/mol. The molecule has 5 nitrogen and oxygen atoms in total. The Labute approximate surface area is 157 Å². The van der Waals surface area contributed by atoms with Gasteiger partial charge in [0.15, 0.2) is 11.6 Å². The van der Waals surface area contributed by atoms with Crippen molar-refractivity contribution in [2.75, 3.05) is 16.4 Å². The number of nitrogens with one attached hydrogen (secondary N) is 2. The maximum Gasteiger partial charge on any atom is 0.159 e. The molecule has 8 heteroatoms. The van der Waals surface area contributed by atoms with E-state index in [0.29, 0.717) is 33.1 Å². The van der Waals surface area contributed by atoms with E-state index in [2.05, 4.69) is 36.5 Å². The van der Waals surface area contributed by atoms with Crippen molar-refractivity contribution in [3.63, 3.8) is 0 Å². The summed E-state index contributed by atoms with van der Waals surface area (Å²) in [6.45, 7) is 0. The van der Waals surface area contributed by atoms with E-state index in [1.54, 1.807) is 18.2 Å². The zero-order valence-corrected chi connectivity index (χ0v) is 15.3. The molecule has 1 heterocycles. The number of nitrogens with zero attached hydrogens (tertiary/aromatic N) is 2. The van der Waals surface area contributed by atoms with Gasteiger partial charge in [-0.25, -0.2) is 9.97 Å². The zero-order chi connectivity index (χ0) is 17.1. The van der Waals surface area contributed by atoms with E-state index in [-0.39, 0.29) is 0 Å². The Kier molecular flexibility index (Phi) is 5.08. The SMILES string of the molecule is Nc1c(Nc2cc(Cl)cc(Cl)c2)ncnc1Nc1ccccc1Br. The summed E-state index contributed by atoms with van der Waals surface area (Å²) in [7, 11) is 0. The van der Waals surface area contributed by atoms with E-state index in [4.69, 9.17) is 28.9 Å². The summed E-state index contributed by atoms with van der Waals surface area (Å²) in [4.78, 5) is 8.36. The highest BCUT2D eigenvalue weighted by Crippen LogP contribution is 2.32. The van der Waals surface area contributed by atoms with Gasteiger partial charge in [0.05, 0.1) is 5.69 Å². The molecule has 122 valence electrons. The molecular formula is C16H12BrCl2N5. The van der Waals surface area contributed by atoms with Crippen molar-refractivity contribution in [1.29, 1.82) is 0 Å². The lowest BCUT2D eigenvalue weighted by molar-refractivity contribution is 1.17. The summed E-state index contributed by atoms with van der Waals surface area (Å²) in [5, 5.41) is 7.31. The Hall–Kier alpha value is -2.02. The van der Waals surface area contributed by atoms with Gasteiger partial charge in [0, 0.05) is 20.2 Å². The van der Waals surface area contributed by atoms with Crippen molar-refractivity contribution in [3.8, 4) is 0 Å². The van der Waals surface area contributed by atoms with Crippen LogP contribution >= 0.6 is 39.1 Å². The van der Waals surface area contributed by atoms with Crippen LogP contribution in [-0.2, 0) is 0 Å². The standard InChI is InChI=1S/C16H12BrCl2N5/c17-12-3-1-2-4-13(12)24-16-14(20)15(21-8-22-16)23-11-6-9(18)5-10(19)7-11/h1-8H,20H2,(H2,21,22,23,24). The van der Waals surface area contributed by atoms with Gasteiger partial charge in [0.2, 0.25) is 0 Å². The minimum atomic E-state index is 0.379. The second-order valence-electron chi connectivity index (χ2n) is 4.87. The van der Waals surface area contributed by atoms with Crippen LogP contribution in [-0.4, -0.2) is 9.97 Å². The van der Waals surface area contributed by atoms with Crippen LogP contribution in [0.15, 0.2) is 53.3 Å². The summed E-state index contributed by atoms with van der Waals surface area (Å²) in [6, 6.07) is 12.8. The number of nitrogens with two attached hydrogens (primary N) is 1. The Morgan fingerprint density at radius 3 is 2.21 bits per heavy atom. The number of hydrogen-bond donors (Lipinski definition) is 3. The van der Waals surface area contributed by atoms with Crippen molar-refractivity contribution in [2.24, 2.45) is 0 Å². The van der Waals surface area contributed by atoms with Gasteiger partial charge in [0.25, 0.3) is 0 Å². The third kappa shape index (κ3) is 3.90. The Bertz CT molecular complexity index is 868. The fourth-order valence-corrected chi connectivity index (χ4v) is 2.96. The molecule has 1 aromatic heterocycles. The number of hydrogen-bond acceptors (Lipinski definition) is 5. The van der Waals surface area contributed by atoms with Gasteiger partial charge in [0.1, 0.15) is 12.0 Å². The third-order valence-corrected chi connectivity index (χ3v) is 4.26. The topological polar surface area (TPSA) is 75.9 Å². The number of aromatic nitrogens is 2. The first kappa shape index (κ1) is 16.8. The summed E-state index contributed by atoms with van der Waals surface area (Å²) >= 11 is 15.5. The fraction of sp³-hybridized carbons (Fsp3) is 0. The van der Waals surface area contributed by atoms with E-state index in [1.807, 2.05) is 24.3 Å². The number of rotatable bonds is 4. The summed E-state index contributed by atoms with van der Waals surface area (Å²) < 4.78 is 0.902. The highest BCUT2D eigenvalue weighted by molar-refractivity contribution is 9.10. The van der Waals surface area contributed by atoms with Crippen LogP contribution in [0, 0.1) is 0 Å². The van der Waals surface area contributed by atoms with Crippen LogP contribution in [0.25, 0.3) is 0 Å². The van der Waals surface area contributed by atoms with E-state index < -0.39 is 0 Å². The van der Waals surface area contributed by atoms with Gasteiger partial charge in [-0.05, 0) is 46.3 Å². The maximum absolute atomic E-state index is 6.17. The largest absolute Gasteiger partial charge is 0.393 e. The first-order valence-electron chi connectivity index (χ1n) is 6.88. The number of para-hydroxylation sites is 1. The second-order valence-corrected chi connectivity index (χ2v) is 6.60. The molecule has 3 rings (SSSR count). The minimum absolute atomic E-state index is 0.379. The lowest BCUT2D eigenvalue weighted by Gasteiger charge is -2.13. The lowest BCUT2D eigenvalue weighted by atomic mass is 10.3. The molecule has 0 saturated heterocycles. The predicted molar refractivity (Wildman–Crippen MR) is 104 cm³/mol. The molecule has 0 amide bonds. The van der Waals surface area contributed by atoms with Crippen molar-refractivity contribution in [3.05, 3.63) is 63.3 Å². The highest BCUT2D eigenvalue weighted by Gasteiger charge is 2.10. The normalized spacial score (nSPS) is 10.5. The number of nitrogen functional groups attached to an aromatic ring is 1. The smallest absolute Gasteiger partial charge is 0.159 e. The molecule has 0 fully saturated rings. The van der Waals surface area contributed by atoms with Crippen molar-refractivity contribution >= 4 is 67.8 Å². The average Bonchev–Trinajstić information content (AvgIpc) is 2.52. The van der Waals surface area contributed by atoms with Crippen LogP contribution < -0.4 is 16.4 Å². The van der Waals surface area contributed by atoms with E-state index in [0.717, 1.165) is 10.2 Å². The molecule has 0 aliphatic heterocycles. The first-order valence-corrected chi connectivity index (χ1v) is 8.43. The molecule has 0 unspecified atom stereocenters. The van der Waals surface area contributed by atoms with Gasteiger partial charge in [-0.3, -0.25) is 0 Å². The lowest BCUT2D eigenvalue weighted by Crippen LogP contribution is -2.05. The summed E-state index contributed by atoms with van der Waals surface area (Å²) in [5.41, 5.74) is 8.08. The fourth-order valence-electron chi connectivity index (χ4n) is 2.05. The van der Waals surface area contributed by atoms with Crippen molar-refractivity contribution < 1.29 is 0 Å². The average molecular weight is 425 g/mol. The van der Waals surface area contributed by atoms with E-state index >= 15 is 0 Å². The van der Waals surface area contributed by atoms with E-state index in [1.165, 1.54) is 6.33 Å². The van der Waals surface area contributed by atoms with Gasteiger partial charge in [-0.1, -0.05) is 35.3 Å². The molecular weight excluding hydrogens is 413 g/mol. The molecule has 0 spiro atoms. The Balaban J connectivity index is 1.89. The maximum atomic E-state index is 6.17. The summed E-state index contributed by atoms with van der Waals surface area (Å²) in [5.74, 6) is 0.949. The second kappa shape index (κ2) is 7.25. The van der Waals surface area contributed by atoms with Crippen LogP contribution in [0.1, 0.15) is 0 Å². The van der Waals surface area contributed by atoms with Crippen LogP contribution in [0.2, 0.25) is 10.0 Å². The molecule has 3 aromatic rings. The molecule has 4 N–H and O–H groups in total. The summed E-state index contributed by atoms with van der Waals surface area (Å²) in [6.07, 6.45) is 1.42. The quantitative estimate of drug-likeness (QED) is 0.507. The highest BCUT2D eigenvalue weighted by atomic mass is 79.9. The molecule has 0 bridgehead atoms.